The molecule has 0 aromatic carbocycles. The fourth-order valence-electron chi connectivity index (χ4n) is 5.00. The first-order valence-corrected chi connectivity index (χ1v) is 18.0. The van der Waals surface area contributed by atoms with Crippen LogP contribution in [0, 0.1) is 5.41 Å². The van der Waals surface area contributed by atoms with Crippen LogP contribution < -0.4 is 16.4 Å². The molecule has 48 heavy (non-hydrogen) atoms. The van der Waals surface area contributed by atoms with Gasteiger partial charge in [-0.05, 0) is 63.0 Å². The number of amides is 3. The van der Waals surface area contributed by atoms with Crippen molar-refractivity contribution < 1.29 is 33.9 Å². The Bertz CT molecular complexity index is 1580. The first-order chi connectivity index (χ1) is 22.8. The molecule has 0 spiro atoms. The molecule has 0 bridgehead atoms. The van der Waals surface area contributed by atoms with Crippen LogP contribution in [-0.4, -0.2) is 117 Å². The van der Waals surface area contributed by atoms with Crippen LogP contribution in [0.3, 0.4) is 0 Å². The maximum atomic E-state index is 13.4. The third kappa shape index (κ3) is 8.53. The number of hydrogen-bond donors (Lipinski definition) is 4. The van der Waals surface area contributed by atoms with Crippen molar-refractivity contribution in [3.05, 3.63) is 18.0 Å². The summed E-state index contributed by atoms with van der Waals surface area (Å²) >= 11 is 3.35. The number of carboxylic acid groups (broad SMARTS) is 1. The van der Waals surface area contributed by atoms with Gasteiger partial charge < -0.3 is 35.9 Å². The minimum atomic E-state index is -1.29. The van der Waals surface area contributed by atoms with E-state index in [1.807, 2.05) is 12.2 Å². The summed E-state index contributed by atoms with van der Waals surface area (Å²) in [6.07, 6.45) is 6.14. The zero-order valence-electron chi connectivity index (χ0n) is 26.5. The third-order valence-corrected chi connectivity index (χ3v) is 10.8. The minimum Gasteiger partial charge on any atom is -0.481 e. The lowest BCUT2D eigenvalue weighted by molar-refractivity contribution is -0.157. The van der Waals surface area contributed by atoms with Crippen LogP contribution in [0.2, 0.25) is 0 Å². The second kappa shape index (κ2) is 15.1. The van der Waals surface area contributed by atoms with Crippen LogP contribution in [-0.2, 0) is 30.5 Å². The van der Waals surface area contributed by atoms with E-state index in [2.05, 4.69) is 40.7 Å². The van der Waals surface area contributed by atoms with Crippen molar-refractivity contribution in [1.82, 2.24) is 45.1 Å². The minimum absolute atomic E-state index is 0.0155. The molecule has 5 N–H and O–H groups in total. The number of aliphatic carboxylic acids is 1. The average molecular weight is 724 g/mol. The Morgan fingerprint density at radius 2 is 2.12 bits per heavy atom. The number of aromatic nitrogens is 6. The summed E-state index contributed by atoms with van der Waals surface area (Å²) in [5.74, 6) is -1.92. The van der Waals surface area contributed by atoms with Crippen LogP contribution in [0.15, 0.2) is 22.5 Å². The van der Waals surface area contributed by atoms with Crippen molar-refractivity contribution in [2.75, 3.05) is 30.3 Å². The SMILES string of the molecule is CC(C)(C)OC(=O)NCCCn1nnnc1SCC1(C(=O)O)CS[C@@H]2C(NC(=O)C(=NOC3C=CCCC3)c3nsc(N)n3)C(=O)N2C1. The van der Waals surface area contributed by atoms with Gasteiger partial charge in [0, 0.05) is 42.7 Å². The molecule has 3 aliphatic rings. The number of aryl methyl sites for hydroxylation is 1. The van der Waals surface area contributed by atoms with Crippen molar-refractivity contribution in [1.29, 1.82) is 0 Å². The zero-order valence-corrected chi connectivity index (χ0v) is 29.0. The number of tetrazole rings is 1. The van der Waals surface area contributed by atoms with Crippen LogP contribution in [0.4, 0.5) is 9.93 Å². The van der Waals surface area contributed by atoms with Crippen molar-refractivity contribution in [2.24, 2.45) is 10.6 Å². The molecule has 4 heterocycles. The average Bonchev–Trinajstić information content (AvgIpc) is 3.69. The number of nitrogen functional groups attached to an aromatic ring is 1. The number of nitrogens with one attached hydrogen (secondary N) is 2. The maximum absolute atomic E-state index is 13.4. The predicted octanol–water partition coefficient (Wildman–Crippen LogP) is 1.11. The predicted molar refractivity (Wildman–Crippen MR) is 176 cm³/mol. The third-order valence-electron chi connectivity index (χ3n) is 7.43. The molecule has 1 aliphatic carbocycles. The molecule has 4 atom stereocenters. The Labute approximate surface area is 288 Å². The molecule has 2 fully saturated rings. The number of fused-ring (bicyclic) bond motifs is 1. The topological polar surface area (TPSA) is 242 Å². The highest BCUT2D eigenvalue weighted by molar-refractivity contribution is 8.00. The quantitative estimate of drug-likeness (QED) is 0.0565. The Kier molecular flexibility index (Phi) is 11.1. The number of β-lactam (4-membered cyclic amide) rings is 1. The number of anilines is 1. The molecule has 3 amide bonds. The van der Waals surface area contributed by atoms with Crippen LogP contribution >= 0.6 is 35.1 Å². The first kappa shape index (κ1) is 35.3. The number of thioether (sulfide) groups is 2. The van der Waals surface area contributed by atoms with Crippen LogP contribution in [0.5, 0.6) is 0 Å². The summed E-state index contributed by atoms with van der Waals surface area (Å²) in [5.41, 5.74) is 3.63. The summed E-state index contributed by atoms with van der Waals surface area (Å²) in [5, 5.41) is 31.5. The molecule has 0 saturated carbocycles. The number of rotatable bonds is 13. The first-order valence-electron chi connectivity index (χ1n) is 15.2. The number of alkyl carbamates (subject to hydrolysis) is 1. The van der Waals surface area contributed by atoms with Gasteiger partial charge in [-0.1, -0.05) is 23.0 Å². The second-order valence-electron chi connectivity index (χ2n) is 12.4. The van der Waals surface area contributed by atoms with Gasteiger partial charge in [0.15, 0.2) is 5.13 Å². The Hall–Kier alpha value is -3.98. The number of oxime groups is 1. The number of carbonyl (C=O) groups is 4. The van der Waals surface area contributed by atoms with Crippen molar-refractivity contribution >= 4 is 69.8 Å². The molecule has 2 aromatic rings. The highest BCUT2D eigenvalue weighted by Crippen LogP contribution is 2.44. The lowest BCUT2D eigenvalue weighted by Crippen LogP contribution is -2.74. The van der Waals surface area contributed by atoms with E-state index >= 15 is 0 Å². The van der Waals surface area contributed by atoms with Crippen molar-refractivity contribution in [2.45, 2.75) is 81.3 Å². The van der Waals surface area contributed by atoms with Crippen LogP contribution in [0.1, 0.15) is 52.3 Å². The molecule has 2 saturated heterocycles. The lowest BCUT2D eigenvalue weighted by Gasteiger charge is -2.53. The number of ether oxygens (including phenoxy) is 1. The van der Waals surface area contributed by atoms with Gasteiger partial charge in [0.2, 0.25) is 22.6 Å². The molecular formula is C27H37N11O7S3. The molecule has 260 valence electrons. The zero-order chi connectivity index (χ0) is 34.5. The Morgan fingerprint density at radius 1 is 1.31 bits per heavy atom. The smallest absolute Gasteiger partial charge is 0.407 e. The van der Waals surface area contributed by atoms with Crippen molar-refractivity contribution in [3.63, 3.8) is 0 Å². The molecule has 21 heteroatoms. The highest BCUT2D eigenvalue weighted by Gasteiger charge is 2.57. The molecule has 3 unspecified atom stereocenters. The number of carbonyl (C=O) groups excluding carboxylic acids is 3. The van der Waals surface area contributed by atoms with E-state index in [9.17, 15) is 24.3 Å². The van der Waals surface area contributed by atoms with Gasteiger partial charge in [-0.15, -0.1) is 16.9 Å². The van der Waals surface area contributed by atoms with Gasteiger partial charge in [0.1, 0.15) is 28.5 Å². The second-order valence-corrected chi connectivity index (χ2v) is 15.2. The van der Waals surface area contributed by atoms with Crippen LogP contribution in [0.25, 0.3) is 0 Å². The normalized spacial score (nSPS) is 24.0. The lowest BCUT2D eigenvalue weighted by atomic mass is 9.89. The molecular weight excluding hydrogens is 687 g/mol. The van der Waals surface area contributed by atoms with E-state index in [-0.39, 0.29) is 40.8 Å². The van der Waals surface area contributed by atoms with Gasteiger partial charge in [0.25, 0.3) is 5.91 Å². The molecule has 5 rings (SSSR count). The monoisotopic (exact) mass is 723 g/mol. The number of nitrogens with two attached hydrogens (primary N) is 1. The standard InChI is InChI=1S/C27H37N11O7S3/c1-26(2,3)44-25(43)29-10-7-11-38-24(32-35-36-38)47-14-27(22(41)42)12-37-20(40)17(21(37)46-13-27)30-19(39)16(18-31-23(28)48-34-18)33-45-15-8-5-4-6-9-15/h5,8,15,17,21H,4,6-7,9-14H2,1-3H3,(H,29,43)(H,30,39)(H,41,42)(H2,28,31,34)/t15?,17?,21-,27?/m1/s1. The van der Waals surface area contributed by atoms with E-state index in [0.717, 1.165) is 30.8 Å². The Morgan fingerprint density at radius 3 is 2.81 bits per heavy atom. The number of hydrogen-bond acceptors (Lipinski definition) is 16. The fourth-order valence-corrected chi connectivity index (χ4v) is 8.20. The number of nitrogens with zero attached hydrogens (tertiary/aromatic N) is 8. The molecule has 2 aliphatic heterocycles. The van der Waals surface area contributed by atoms with E-state index in [0.29, 0.717) is 24.7 Å². The largest absolute Gasteiger partial charge is 0.481 e. The van der Waals surface area contributed by atoms with E-state index < -0.39 is 46.3 Å². The molecule has 18 nitrogen and oxygen atoms in total. The summed E-state index contributed by atoms with van der Waals surface area (Å²) in [7, 11) is 0. The molecule has 0 radical (unpaired) electrons. The fraction of sp³-hybridized carbons (Fsp3) is 0.630. The van der Waals surface area contributed by atoms with Gasteiger partial charge in [-0.2, -0.15) is 9.36 Å². The Balaban J connectivity index is 1.16. The summed E-state index contributed by atoms with van der Waals surface area (Å²) in [6, 6.07) is -0.903. The van der Waals surface area contributed by atoms with E-state index in [4.69, 9.17) is 15.3 Å². The maximum Gasteiger partial charge on any atom is 0.407 e. The summed E-state index contributed by atoms with van der Waals surface area (Å²) in [6.45, 7) is 5.99. The number of carboxylic acids is 1. The van der Waals surface area contributed by atoms with Gasteiger partial charge in [0.05, 0.1) is 0 Å². The summed E-state index contributed by atoms with van der Waals surface area (Å²) < 4.78 is 10.8. The van der Waals surface area contributed by atoms with Crippen molar-refractivity contribution in [3.8, 4) is 0 Å². The van der Waals surface area contributed by atoms with Gasteiger partial charge in [-0.3, -0.25) is 14.4 Å². The molecule has 2 aromatic heterocycles. The highest BCUT2D eigenvalue weighted by atomic mass is 32.2. The van der Waals surface area contributed by atoms with E-state index in [1.54, 1.807) is 20.8 Å². The van der Waals surface area contributed by atoms with Gasteiger partial charge >= 0.3 is 12.1 Å². The van der Waals surface area contributed by atoms with E-state index in [1.165, 1.54) is 33.1 Å². The summed E-state index contributed by atoms with van der Waals surface area (Å²) in [4.78, 5) is 62.2. The number of allylic oxidation sites excluding steroid dienone is 1. The van der Waals surface area contributed by atoms with Gasteiger partial charge in [-0.25, -0.2) is 9.48 Å².